The number of ether oxygens (including phenoxy) is 1. The lowest BCUT2D eigenvalue weighted by atomic mass is 9.97. The summed E-state index contributed by atoms with van der Waals surface area (Å²) in [6.07, 6.45) is 4.03. The standard InChI is InChI=1S/C26H25FN4O3/c1-33-21-6-2-4-18(13-21)23-14-24(30-29-23)26(32)31-11-3-5-19(16-31)25-28-15-22(34-25)12-17-7-9-20(27)10-8-17/h2,4,6-10,13-15,19H,3,5,11-12,16H2,1H3,(H,29,30)/t19-/m0/s1. The molecule has 0 radical (unpaired) electrons. The molecular formula is C26H25FN4O3. The van der Waals surface area contributed by atoms with Gasteiger partial charge in [-0.2, -0.15) is 5.10 Å². The van der Waals surface area contributed by atoms with Crippen LogP contribution in [0, 0.1) is 5.82 Å². The second-order valence-electron chi connectivity index (χ2n) is 8.46. The maximum Gasteiger partial charge on any atom is 0.271 e. The minimum Gasteiger partial charge on any atom is -0.497 e. The Bertz CT molecular complexity index is 1280. The van der Waals surface area contributed by atoms with Crippen molar-refractivity contribution in [3.8, 4) is 17.0 Å². The highest BCUT2D eigenvalue weighted by Crippen LogP contribution is 2.29. The molecule has 8 heteroatoms. The van der Waals surface area contributed by atoms with E-state index < -0.39 is 0 Å². The second-order valence-corrected chi connectivity index (χ2v) is 8.46. The van der Waals surface area contributed by atoms with E-state index in [0.717, 1.165) is 35.5 Å². The van der Waals surface area contributed by atoms with Crippen LogP contribution in [0.15, 0.2) is 65.2 Å². The highest BCUT2D eigenvalue weighted by molar-refractivity contribution is 5.93. The number of nitrogens with one attached hydrogen (secondary N) is 1. The van der Waals surface area contributed by atoms with Crippen molar-refractivity contribution < 1.29 is 18.3 Å². The third-order valence-electron chi connectivity index (χ3n) is 6.09. The van der Waals surface area contributed by atoms with Crippen LogP contribution < -0.4 is 4.74 Å². The van der Waals surface area contributed by atoms with Crippen molar-refractivity contribution in [1.29, 1.82) is 0 Å². The molecule has 1 amide bonds. The summed E-state index contributed by atoms with van der Waals surface area (Å²) in [7, 11) is 1.62. The number of aromatic amines is 1. The number of rotatable bonds is 6. The summed E-state index contributed by atoms with van der Waals surface area (Å²) in [6.45, 7) is 1.20. The molecule has 1 saturated heterocycles. The molecule has 3 heterocycles. The van der Waals surface area contributed by atoms with E-state index in [-0.39, 0.29) is 17.6 Å². The first kappa shape index (κ1) is 21.9. The number of carbonyl (C=O) groups is 1. The summed E-state index contributed by atoms with van der Waals surface area (Å²) in [5.74, 6) is 1.77. The molecule has 0 saturated carbocycles. The van der Waals surface area contributed by atoms with Gasteiger partial charge in [0.25, 0.3) is 5.91 Å². The average molecular weight is 461 g/mol. The monoisotopic (exact) mass is 460 g/mol. The fourth-order valence-electron chi connectivity index (χ4n) is 4.29. The van der Waals surface area contributed by atoms with Crippen LogP contribution in [0.3, 0.4) is 0 Å². The number of aromatic nitrogens is 3. The topological polar surface area (TPSA) is 84.2 Å². The van der Waals surface area contributed by atoms with Crippen LogP contribution in [0.1, 0.15) is 46.5 Å². The minimum atomic E-state index is -0.262. The predicted molar refractivity (Wildman–Crippen MR) is 124 cm³/mol. The van der Waals surface area contributed by atoms with Crippen LogP contribution in [0.4, 0.5) is 4.39 Å². The zero-order chi connectivity index (χ0) is 23.5. The number of oxazole rings is 1. The Hall–Kier alpha value is -3.94. The number of likely N-dealkylation sites (tertiary alicyclic amines) is 1. The number of piperidine rings is 1. The quantitative estimate of drug-likeness (QED) is 0.446. The van der Waals surface area contributed by atoms with E-state index in [2.05, 4.69) is 15.2 Å². The number of carbonyl (C=O) groups excluding carboxylic acids is 1. The molecular weight excluding hydrogens is 435 g/mol. The van der Waals surface area contributed by atoms with Crippen molar-refractivity contribution in [2.45, 2.75) is 25.2 Å². The summed E-state index contributed by atoms with van der Waals surface area (Å²) >= 11 is 0. The molecule has 1 atom stereocenters. The van der Waals surface area contributed by atoms with Crippen LogP contribution in [0.2, 0.25) is 0 Å². The van der Waals surface area contributed by atoms with Crippen LogP contribution >= 0.6 is 0 Å². The zero-order valence-electron chi connectivity index (χ0n) is 18.8. The lowest BCUT2D eigenvalue weighted by molar-refractivity contribution is 0.0692. The Morgan fingerprint density at radius 1 is 1.24 bits per heavy atom. The summed E-state index contributed by atoms with van der Waals surface area (Å²) in [5.41, 5.74) is 2.96. The second kappa shape index (κ2) is 9.51. The van der Waals surface area contributed by atoms with E-state index in [4.69, 9.17) is 9.15 Å². The molecule has 2 aromatic heterocycles. The third kappa shape index (κ3) is 4.71. The van der Waals surface area contributed by atoms with Crippen molar-refractivity contribution in [3.05, 3.63) is 89.5 Å². The molecule has 0 aliphatic carbocycles. The SMILES string of the molecule is COc1cccc(-c2cc(C(=O)N3CCC[C@H](c4ncc(Cc5ccc(F)cc5)o4)C3)[nH]n2)c1. The van der Waals surface area contributed by atoms with Gasteiger partial charge in [-0.25, -0.2) is 9.37 Å². The summed E-state index contributed by atoms with van der Waals surface area (Å²) < 4.78 is 24.4. The van der Waals surface area contributed by atoms with Crippen molar-refractivity contribution in [1.82, 2.24) is 20.1 Å². The molecule has 1 aliphatic rings. The van der Waals surface area contributed by atoms with Crippen LogP contribution in [0.5, 0.6) is 5.75 Å². The molecule has 2 aromatic carbocycles. The molecule has 4 aromatic rings. The number of halogens is 1. The number of amides is 1. The van der Waals surface area contributed by atoms with E-state index in [1.807, 2.05) is 29.2 Å². The Balaban J connectivity index is 1.26. The molecule has 34 heavy (non-hydrogen) atoms. The molecule has 174 valence electrons. The number of hydrogen-bond donors (Lipinski definition) is 1. The fraction of sp³-hybridized carbons (Fsp3) is 0.269. The van der Waals surface area contributed by atoms with Crippen LogP contribution in [0.25, 0.3) is 11.3 Å². The van der Waals surface area contributed by atoms with Gasteiger partial charge in [0.15, 0.2) is 5.89 Å². The maximum atomic E-state index is 13.2. The van der Waals surface area contributed by atoms with E-state index in [0.29, 0.717) is 36.8 Å². The zero-order valence-corrected chi connectivity index (χ0v) is 18.8. The van der Waals surface area contributed by atoms with Crippen molar-refractivity contribution in [2.24, 2.45) is 0 Å². The first-order valence-corrected chi connectivity index (χ1v) is 11.3. The molecule has 1 fully saturated rings. The van der Waals surface area contributed by atoms with Gasteiger partial charge in [0.1, 0.15) is 23.0 Å². The van der Waals surface area contributed by atoms with Gasteiger partial charge in [-0.15, -0.1) is 0 Å². The van der Waals surface area contributed by atoms with Gasteiger partial charge in [0.2, 0.25) is 0 Å². The highest BCUT2D eigenvalue weighted by Gasteiger charge is 2.29. The van der Waals surface area contributed by atoms with E-state index in [1.165, 1.54) is 12.1 Å². The fourth-order valence-corrected chi connectivity index (χ4v) is 4.29. The molecule has 1 aliphatic heterocycles. The van der Waals surface area contributed by atoms with Gasteiger partial charge in [-0.3, -0.25) is 9.89 Å². The van der Waals surface area contributed by atoms with Crippen molar-refractivity contribution in [3.63, 3.8) is 0 Å². The molecule has 1 N–H and O–H groups in total. The predicted octanol–water partition coefficient (Wildman–Crippen LogP) is 4.82. The highest BCUT2D eigenvalue weighted by atomic mass is 19.1. The number of H-pyrrole nitrogens is 1. The molecule has 0 unspecified atom stereocenters. The lowest BCUT2D eigenvalue weighted by Gasteiger charge is -2.30. The van der Waals surface area contributed by atoms with E-state index in [1.54, 1.807) is 31.5 Å². The van der Waals surface area contributed by atoms with Gasteiger partial charge >= 0.3 is 0 Å². The summed E-state index contributed by atoms with van der Waals surface area (Å²) in [4.78, 5) is 19.5. The number of nitrogens with zero attached hydrogens (tertiary/aromatic N) is 3. The van der Waals surface area contributed by atoms with Gasteiger partial charge in [0.05, 0.1) is 24.9 Å². The Morgan fingerprint density at radius 2 is 2.09 bits per heavy atom. The average Bonchev–Trinajstić information content (AvgIpc) is 3.55. The van der Waals surface area contributed by atoms with Gasteiger partial charge in [-0.1, -0.05) is 24.3 Å². The minimum absolute atomic E-state index is 0.0282. The largest absolute Gasteiger partial charge is 0.497 e. The molecule has 7 nitrogen and oxygen atoms in total. The number of benzene rings is 2. The Morgan fingerprint density at radius 3 is 2.91 bits per heavy atom. The maximum absolute atomic E-state index is 13.2. The Kier molecular flexibility index (Phi) is 6.12. The molecule has 0 spiro atoms. The van der Waals surface area contributed by atoms with Gasteiger partial charge in [0, 0.05) is 25.1 Å². The van der Waals surface area contributed by atoms with E-state index >= 15 is 0 Å². The van der Waals surface area contributed by atoms with Gasteiger partial charge in [-0.05, 0) is 48.7 Å². The molecule has 0 bridgehead atoms. The molecule has 5 rings (SSSR count). The first-order valence-electron chi connectivity index (χ1n) is 11.3. The van der Waals surface area contributed by atoms with Crippen LogP contribution in [-0.4, -0.2) is 46.2 Å². The summed E-state index contributed by atoms with van der Waals surface area (Å²) in [5, 5.41) is 7.20. The number of methoxy groups -OCH3 is 1. The third-order valence-corrected chi connectivity index (χ3v) is 6.09. The summed E-state index contributed by atoms with van der Waals surface area (Å²) in [6, 6.07) is 15.7. The number of hydrogen-bond acceptors (Lipinski definition) is 5. The Labute approximate surface area is 196 Å². The smallest absolute Gasteiger partial charge is 0.271 e. The van der Waals surface area contributed by atoms with Crippen molar-refractivity contribution in [2.75, 3.05) is 20.2 Å². The first-order chi connectivity index (χ1) is 16.6. The lowest BCUT2D eigenvalue weighted by Crippen LogP contribution is -2.39. The van der Waals surface area contributed by atoms with Gasteiger partial charge < -0.3 is 14.1 Å². The van der Waals surface area contributed by atoms with Crippen LogP contribution in [-0.2, 0) is 6.42 Å². The van der Waals surface area contributed by atoms with E-state index in [9.17, 15) is 9.18 Å². The normalized spacial score (nSPS) is 15.9. The van der Waals surface area contributed by atoms with Crippen molar-refractivity contribution >= 4 is 5.91 Å².